The lowest BCUT2D eigenvalue weighted by Crippen LogP contribution is -2.21. The van der Waals surface area contributed by atoms with Crippen LogP contribution in [0.2, 0.25) is 0 Å². The number of aromatic amines is 1. The monoisotopic (exact) mass is 486 g/mol. The molecule has 6 nitrogen and oxygen atoms in total. The highest BCUT2D eigenvalue weighted by atomic mass is 19.4. The summed E-state index contributed by atoms with van der Waals surface area (Å²) in [5.74, 6) is 0.159. The predicted molar refractivity (Wildman–Crippen MR) is 122 cm³/mol. The second-order valence-corrected chi connectivity index (χ2v) is 8.85. The molecule has 2 unspecified atom stereocenters. The molecule has 1 fully saturated rings. The van der Waals surface area contributed by atoms with E-state index in [4.69, 9.17) is 0 Å². The van der Waals surface area contributed by atoms with Gasteiger partial charge in [-0.25, -0.2) is 9.37 Å². The normalized spacial score (nSPS) is 18.9. The number of nitrogens with one attached hydrogen (secondary N) is 1. The SMILES string of the molecule is CC1CN(Cc2ccc(F)cc2)CC1c1cn2c(-c3ccc(OC(F)(F)F)cc3)ncc2c(=O)[nH]1. The van der Waals surface area contributed by atoms with Crippen molar-refractivity contribution in [3.8, 4) is 17.1 Å². The number of rotatable bonds is 5. The maximum atomic E-state index is 13.2. The minimum atomic E-state index is -4.77. The van der Waals surface area contributed by atoms with Gasteiger partial charge in [-0.1, -0.05) is 19.1 Å². The van der Waals surface area contributed by atoms with E-state index >= 15 is 0 Å². The van der Waals surface area contributed by atoms with Crippen molar-refractivity contribution in [2.45, 2.75) is 25.7 Å². The standard InChI is InChI=1S/C25H22F4N4O2/c1-15-11-32(12-16-2-6-18(26)7-3-16)13-20(15)21-14-33-22(24(34)31-21)10-30-23(33)17-4-8-19(9-5-17)35-25(27,28)29/h2-10,14-15,20H,11-13H2,1H3,(H,31,34). The predicted octanol–water partition coefficient (Wildman–Crippen LogP) is 4.96. The first-order chi connectivity index (χ1) is 16.7. The summed E-state index contributed by atoms with van der Waals surface area (Å²) >= 11 is 0. The van der Waals surface area contributed by atoms with Gasteiger partial charge in [-0.05, 0) is 47.9 Å². The zero-order chi connectivity index (χ0) is 24.7. The maximum absolute atomic E-state index is 13.2. The molecule has 10 heteroatoms. The lowest BCUT2D eigenvalue weighted by atomic mass is 9.95. The fourth-order valence-corrected chi connectivity index (χ4v) is 4.68. The average Bonchev–Trinajstić information content (AvgIpc) is 3.38. The van der Waals surface area contributed by atoms with Crippen LogP contribution in [0.3, 0.4) is 0 Å². The molecule has 2 aromatic heterocycles. The number of aromatic nitrogens is 3. The van der Waals surface area contributed by atoms with Gasteiger partial charge in [0, 0.05) is 43.0 Å². The molecule has 0 spiro atoms. The van der Waals surface area contributed by atoms with Gasteiger partial charge in [-0.2, -0.15) is 0 Å². The zero-order valence-corrected chi connectivity index (χ0v) is 18.7. The third-order valence-electron chi connectivity index (χ3n) is 6.31. The van der Waals surface area contributed by atoms with Crippen molar-refractivity contribution in [3.63, 3.8) is 0 Å². The van der Waals surface area contributed by atoms with Gasteiger partial charge in [0.2, 0.25) is 0 Å². The van der Waals surface area contributed by atoms with Crippen molar-refractivity contribution in [1.82, 2.24) is 19.3 Å². The third kappa shape index (κ3) is 4.93. The van der Waals surface area contributed by atoms with Gasteiger partial charge in [-0.15, -0.1) is 13.2 Å². The lowest BCUT2D eigenvalue weighted by Gasteiger charge is -2.17. The van der Waals surface area contributed by atoms with Crippen LogP contribution in [0.1, 0.15) is 24.1 Å². The van der Waals surface area contributed by atoms with Crippen molar-refractivity contribution in [1.29, 1.82) is 0 Å². The lowest BCUT2D eigenvalue weighted by molar-refractivity contribution is -0.274. The molecule has 0 bridgehead atoms. The van der Waals surface area contributed by atoms with E-state index in [2.05, 4.69) is 26.5 Å². The molecule has 5 rings (SSSR count). The van der Waals surface area contributed by atoms with Gasteiger partial charge in [0.15, 0.2) is 0 Å². The Morgan fingerprint density at radius 3 is 2.49 bits per heavy atom. The minimum Gasteiger partial charge on any atom is -0.406 e. The summed E-state index contributed by atoms with van der Waals surface area (Å²) in [5, 5.41) is 0. The highest BCUT2D eigenvalue weighted by molar-refractivity contribution is 5.62. The van der Waals surface area contributed by atoms with E-state index in [0.29, 0.717) is 30.0 Å². The van der Waals surface area contributed by atoms with E-state index in [0.717, 1.165) is 17.8 Å². The Hall–Kier alpha value is -3.66. The van der Waals surface area contributed by atoms with Crippen molar-refractivity contribution in [2.75, 3.05) is 13.1 Å². The minimum absolute atomic E-state index is 0.0605. The molecule has 35 heavy (non-hydrogen) atoms. The topological polar surface area (TPSA) is 62.6 Å². The first-order valence-electron chi connectivity index (χ1n) is 11.1. The number of fused-ring (bicyclic) bond motifs is 1. The number of ether oxygens (including phenoxy) is 1. The summed E-state index contributed by atoms with van der Waals surface area (Å²) in [6, 6.07) is 11.8. The van der Waals surface area contributed by atoms with Crippen LogP contribution in [0.25, 0.3) is 16.9 Å². The van der Waals surface area contributed by atoms with Gasteiger partial charge in [0.1, 0.15) is 22.9 Å². The smallest absolute Gasteiger partial charge is 0.406 e. The molecule has 1 saturated heterocycles. The zero-order valence-electron chi connectivity index (χ0n) is 18.7. The summed E-state index contributed by atoms with van der Waals surface area (Å²) in [4.78, 5) is 22.4. The summed E-state index contributed by atoms with van der Waals surface area (Å²) in [5.41, 5.74) is 2.37. The van der Waals surface area contributed by atoms with Crippen molar-refractivity contribution >= 4 is 5.52 Å². The Morgan fingerprint density at radius 2 is 1.80 bits per heavy atom. The van der Waals surface area contributed by atoms with E-state index in [-0.39, 0.29) is 29.0 Å². The Labute approximate surface area is 197 Å². The summed E-state index contributed by atoms with van der Waals surface area (Å²) < 4.78 is 56.2. The quantitative estimate of drug-likeness (QED) is 0.405. The average molecular weight is 486 g/mol. The van der Waals surface area contributed by atoms with Crippen LogP contribution in [0.4, 0.5) is 17.6 Å². The number of likely N-dealkylation sites (tertiary alicyclic amines) is 1. The highest BCUT2D eigenvalue weighted by Crippen LogP contribution is 2.33. The molecular weight excluding hydrogens is 464 g/mol. The van der Waals surface area contributed by atoms with Gasteiger partial charge in [0.05, 0.1) is 6.20 Å². The van der Waals surface area contributed by atoms with E-state index < -0.39 is 6.36 Å². The van der Waals surface area contributed by atoms with Crippen LogP contribution < -0.4 is 10.3 Å². The number of H-pyrrole nitrogens is 1. The Kier molecular flexibility index (Phi) is 5.84. The molecule has 182 valence electrons. The van der Waals surface area contributed by atoms with Crippen LogP contribution in [-0.4, -0.2) is 38.7 Å². The number of imidazole rings is 1. The van der Waals surface area contributed by atoms with Crippen LogP contribution in [0.5, 0.6) is 5.75 Å². The van der Waals surface area contributed by atoms with E-state index in [1.165, 1.54) is 42.6 Å². The fourth-order valence-electron chi connectivity index (χ4n) is 4.68. The van der Waals surface area contributed by atoms with Gasteiger partial charge in [0.25, 0.3) is 5.56 Å². The fraction of sp³-hybridized carbons (Fsp3) is 0.280. The van der Waals surface area contributed by atoms with Gasteiger partial charge < -0.3 is 9.72 Å². The molecule has 0 radical (unpaired) electrons. The molecule has 1 N–H and O–H groups in total. The van der Waals surface area contributed by atoms with E-state index in [1.807, 2.05) is 6.20 Å². The number of halogens is 4. The van der Waals surface area contributed by atoms with Crippen molar-refractivity contribution in [2.24, 2.45) is 5.92 Å². The largest absolute Gasteiger partial charge is 0.573 e. The van der Waals surface area contributed by atoms with E-state index in [9.17, 15) is 22.4 Å². The second-order valence-electron chi connectivity index (χ2n) is 8.85. The molecule has 1 aliphatic rings. The Morgan fingerprint density at radius 1 is 1.09 bits per heavy atom. The molecule has 2 aromatic carbocycles. The number of alkyl halides is 3. The van der Waals surface area contributed by atoms with Crippen LogP contribution in [0.15, 0.2) is 65.7 Å². The van der Waals surface area contributed by atoms with Crippen LogP contribution >= 0.6 is 0 Å². The summed E-state index contributed by atoms with van der Waals surface area (Å²) in [7, 11) is 0. The molecule has 0 amide bonds. The summed E-state index contributed by atoms with van der Waals surface area (Å²) in [6.45, 7) is 4.33. The number of hydrogen-bond acceptors (Lipinski definition) is 4. The molecule has 2 atom stereocenters. The van der Waals surface area contributed by atoms with E-state index in [1.54, 1.807) is 16.5 Å². The maximum Gasteiger partial charge on any atom is 0.573 e. The highest BCUT2D eigenvalue weighted by Gasteiger charge is 2.32. The van der Waals surface area contributed by atoms with Crippen LogP contribution in [0, 0.1) is 11.7 Å². The van der Waals surface area contributed by atoms with Crippen molar-refractivity contribution in [3.05, 3.63) is 88.4 Å². The number of hydrogen-bond donors (Lipinski definition) is 1. The third-order valence-corrected chi connectivity index (χ3v) is 6.31. The van der Waals surface area contributed by atoms with Crippen LogP contribution in [-0.2, 0) is 6.54 Å². The van der Waals surface area contributed by atoms with Gasteiger partial charge >= 0.3 is 6.36 Å². The Balaban J connectivity index is 1.41. The molecule has 1 aliphatic heterocycles. The first-order valence-corrected chi connectivity index (χ1v) is 11.1. The summed E-state index contributed by atoms with van der Waals surface area (Å²) in [6.07, 6.45) is -1.50. The number of benzene rings is 2. The Bertz CT molecular complexity index is 1390. The molecular formula is C25H22F4N4O2. The molecule has 0 aliphatic carbocycles. The molecule has 3 heterocycles. The second kappa shape index (κ2) is 8.84. The molecule has 4 aromatic rings. The number of nitrogens with zero attached hydrogens (tertiary/aromatic N) is 3. The first kappa shape index (κ1) is 23.1. The van der Waals surface area contributed by atoms with Gasteiger partial charge in [-0.3, -0.25) is 14.1 Å². The molecule has 0 saturated carbocycles. The van der Waals surface area contributed by atoms with Crippen molar-refractivity contribution < 1.29 is 22.3 Å².